The van der Waals surface area contributed by atoms with Gasteiger partial charge in [-0.25, -0.2) is 4.39 Å². The molecule has 126 valence electrons. The molecule has 0 bridgehead atoms. The molecule has 0 radical (unpaired) electrons. The van der Waals surface area contributed by atoms with Crippen LogP contribution in [0.2, 0.25) is 0 Å². The highest BCUT2D eigenvalue weighted by molar-refractivity contribution is 7.99. The molecule has 0 atom stereocenters. The average Bonchev–Trinajstić information content (AvgIpc) is 2.63. The lowest BCUT2D eigenvalue weighted by Crippen LogP contribution is -2.14. The van der Waals surface area contributed by atoms with Gasteiger partial charge in [-0.05, 0) is 55.5 Å². The van der Waals surface area contributed by atoms with E-state index in [1.807, 2.05) is 31.2 Å². The maximum Gasteiger partial charge on any atom is 0.234 e. The van der Waals surface area contributed by atoms with E-state index in [9.17, 15) is 9.18 Å². The van der Waals surface area contributed by atoms with Crippen molar-refractivity contribution in [3.8, 4) is 11.3 Å². The Labute approximate surface area is 149 Å². The topological polar surface area (TPSA) is 54.9 Å². The first-order chi connectivity index (χ1) is 12.1. The molecular weight excluding hydrogens is 337 g/mol. The summed E-state index contributed by atoms with van der Waals surface area (Å²) in [6.45, 7) is 2.00. The molecule has 0 aliphatic carbocycles. The highest BCUT2D eigenvalue weighted by Crippen LogP contribution is 2.20. The molecule has 4 nitrogen and oxygen atoms in total. The van der Waals surface area contributed by atoms with Gasteiger partial charge < -0.3 is 5.32 Å². The van der Waals surface area contributed by atoms with Crippen molar-refractivity contribution in [2.75, 3.05) is 11.1 Å². The van der Waals surface area contributed by atoms with Crippen molar-refractivity contribution in [1.29, 1.82) is 0 Å². The van der Waals surface area contributed by atoms with E-state index in [4.69, 9.17) is 0 Å². The van der Waals surface area contributed by atoms with Gasteiger partial charge in [-0.15, -0.1) is 10.2 Å². The smallest absolute Gasteiger partial charge is 0.234 e. The number of nitrogens with zero attached hydrogens (tertiary/aromatic N) is 2. The lowest BCUT2D eigenvalue weighted by atomic mass is 10.1. The summed E-state index contributed by atoms with van der Waals surface area (Å²) in [5.41, 5.74) is 3.37. The van der Waals surface area contributed by atoms with Crippen molar-refractivity contribution >= 4 is 23.4 Å². The normalized spacial score (nSPS) is 10.5. The first-order valence-corrected chi connectivity index (χ1v) is 8.68. The van der Waals surface area contributed by atoms with Gasteiger partial charge in [0.1, 0.15) is 10.8 Å². The molecule has 0 saturated heterocycles. The highest BCUT2D eigenvalue weighted by atomic mass is 32.2. The lowest BCUT2D eigenvalue weighted by molar-refractivity contribution is -0.113. The van der Waals surface area contributed by atoms with E-state index in [0.717, 1.165) is 16.8 Å². The summed E-state index contributed by atoms with van der Waals surface area (Å²) in [5.74, 6) is -0.139. The van der Waals surface area contributed by atoms with Crippen LogP contribution in [-0.4, -0.2) is 21.9 Å². The van der Waals surface area contributed by atoms with Crippen molar-refractivity contribution < 1.29 is 9.18 Å². The Balaban J connectivity index is 1.55. The fraction of sp³-hybridized carbons (Fsp3) is 0.105. The quantitative estimate of drug-likeness (QED) is 0.694. The van der Waals surface area contributed by atoms with Crippen LogP contribution in [-0.2, 0) is 4.79 Å². The van der Waals surface area contributed by atoms with Crippen LogP contribution >= 0.6 is 11.8 Å². The van der Waals surface area contributed by atoms with Crippen LogP contribution < -0.4 is 5.32 Å². The molecule has 0 fully saturated rings. The number of halogens is 1. The Kier molecular flexibility index (Phi) is 5.40. The summed E-state index contributed by atoms with van der Waals surface area (Å²) in [7, 11) is 0. The standard InChI is InChI=1S/C19H16FN3OS/c1-13-2-8-16(9-3-13)21-18(24)12-25-19-11-10-17(22-23-19)14-4-6-15(20)7-5-14/h2-11H,12H2,1H3,(H,21,24). The van der Waals surface area contributed by atoms with Crippen molar-refractivity contribution in [3.05, 3.63) is 72.0 Å². The Morgan fingerprint density at radius 2 is 1.72 bits per heavy atom. The fourth-order valence-electron chi connectivity index (χ4n) is 2.15. The number of aryl methyl sites for hydroxylation is 1. The molecule has 0 saturated carbocycles. The molecule has 25 heavy (non-hydrogen) atoms. The Hall–Kier alpha value is -2.73. The van der Waals surface area contributed by atoms with E-state index in [-0.39, 0.29) is 17.5 Å². The zero-order valence-corrected chi connectivity index (χ0v) is 14.4. The van der Waals surface area contributed by atoms with Gasteiger partial charge >= 0.3 is 0 Å². The van der Waals surface area contributed by atoms with Crippen LogP contribution in [0.4, 0.5) is 10.1 Å². The summed E-state index contributed by atoms with van der Waals surface area (Å²) >= 11 is 1.31. The molecular formula is C19H16FN3OS. The third kappa shape index (κ3) is 4.87. The predicted molar refractivity (Wildman–Crippen MR) is 98.0 cm³/mol. The van der Waals surface area contributed by atoms with Gasteiger partial charge in [-0.1, -0.05) is 29.5 Å². The summed E-state index contributed by atoms with van der Waals surface area (Å²) < 4.78 is 12.9. The molecule has 1 N–H and O–H groups in total. The largest absolute Gasteiger partial charge is 0.325 e. The minimum absolute atomic E-state index is 0.0988. The first-order valence-electron chi connectivity index (χ1n) is 7.69. The predicted octanol–water partition coefficient (Wildman–Crippen LogP) is 4.32. The minimum atomic E-state index is -0.288. The molecule has 6 heteroatoms. The molecule has 0 spiro atoms. The summed E-state index contributed by atoms with van der Waals surface area (Å²) in [6, 6.07) is 17.3. The van der Waals surface area contributed by atoms with E-state index in [1.165, 1.54) is 23.9 Å². The number of rotatable bonds is 5. The number of aromatic nitrogens is 2. The van der Waals surface area contributed by atoms with Crippen LogP contribution in [0, 0.1) is 12.7 Å². The highest BCUT2D eigenvalue weighted by Gasteiger charge is 2.06. The van der Waals surface area contributed by atoms with Crippen LogP contribution in [0.15, 0.2) is 65.7 Å². The summed E-state index contributed by atoms with van der Waals surface area (Å²) in [6.07, 6.45) is 0. The molecule has 1 heterocycles. The number of benzene rings is 2. The number of thioether (sulfide) groups is 1. The van der Waals surface area contributed by atoms with Gasteiger partial charge in [0, 0.05) is 11.3 Å². The second kappa shape index (κ2) is 7.90. The summed E-state index contributed by atoms with van der Waals surface area (Å²) in [5, 5.41) is 11.7. The number of nitrogens with one attached hydrogen (secondary N) is 1. The molecule has 3 rings (SSSR count). The van der Waals surface area contributed by atoms with Crippen molar-refractivity contribution in [2.45, 2.75) is 11.9 Å². The van der Waals surface area contributed by atoms with Crippen LogP contribution in [0.3, 0.4) is 0 Å². The van der Waals surface area contributed by atoms with E-state index >= 15 is 0 Å². The third-order valence-corrected chi connectivity index (χ3v) is 4.39. The van der Waals surface area contributed by atoms with Crippen LogP contribution in [0.5, 0.6) is 0 Å². The van der Waals surface area contributed by atoms with Crippen molar-refractivity contribution in [1.82, 2.24) is 10.2 Å². The molecule has 3 aromatic rings. The Morgan fingerprint density at radius 1 is 1.00 bits per heavy atom. The van der Waals surface area contributed by atoms with Gasteiger partial charge in [0.05, 0.1) is 11.4 Å². The van der Waals surface area contributed by atoms with Gasteiger partial charge in [0.25, 0.3) is 0 Å². The SMILES string of the molecule is Cc1ccc(NC(=O)CSc2ccc(-c3ccc(F)cc3)nn2)cc1. The third-order valence-electron chi connectivity index (χ3n) is 3.47. The molecule has 0 aliphatic rings. The molecule has 0 aliphatic heterocycles. The van der Waals surface area contributed by atoms with Crippen LogP contribution in [0.1, 0.15) is 5.56 Å². The second-order valence-electron chi connectivity index (χ2n) is 5.47. The number of hydrogen-bond acceptors (Lipinski definition) is 4. The number of carbonyl (C=O) groups is 1. The Morgan fingerprint density at radius 3 is 2.36 bits per heavy atom. The number of anilines is 1. The number of amides is 1. The molecule has 1 amide bonds. The first kappa shape index (κ1) is 17.1. The molecule has 2 aromatic carbocycles. The van der Waals surface area contributed by atoms with Gasteiger partial charge in [0.2, 0.25) is 5.91 Å². The number of carbonyl (C=O) groups excluding carboxylic acids is 1. The van der Waals surface area contributed by atoms with E-state index in [1.54, 1.807) is 24.3 Å². The van der Waals surface area contributed by atoms with E-state index < -0.39 is 0 Å². The van der Waals surface area contributed by atoms with Crippen molar-refractivity contribution in [2.24, 2.45) is 0 Å². The monoisotopic (exact) mass is 353 g/mol. The van der Waals surface area contributed by atoms with Gasteiger partial charge in [0.15, 0.2) is 0 Å². The Bertz CT molecular complexity index is 849. The van der Waals surface area contributed by atoms with Gasteiger partial charge in [-0.2, -0.15) is 0 Å². The van der Waals surface area contributed by atoms with E-state index in [0.29, 0.717) is 10.7 Å². The zero-order valence-electron chi connectivity index (χ0n) is 13.6. The molecule has 0 unspecified atom stereocenters. The molecule has 1 aromatic heterocycles. The van der Waals surface area contributed by atoms with E-state index in [2.05, 4.69) is 15.5 Å². The minimum Gasteiger partial charge on any atom is -0.325 e. The fourth-order valence-corrected chi connectivity index (χ4v) is 2.76. The van der Waals surface area contributed by atoms with Crippen LogP contribution in [0.25, 0.3) is 11.3 Å². The number of hydrogen-bond donors (Lipinski definition) is 1. The maximum absolute atomic E-state index is 12.9. The van der Waals surface area contributed by atoms with Crippen molar-refractivity contribution in [3.63, 3.8) is 0 Å². The summed E-state index contributed by atoms with van der Waals surface area (Å²) in [4.78, 5) is 12.0. The average molecular weight is 353 g/mol. The van der Waals surface area contributed by atoms with Gasteiger partial charge in [-0.3, -0.25) is 4.79 Å². The second-order valence-corrected chi connectivity index (χ2v) is 6.46. The lowest BCUT2D eigenvalue weighted by Gasteiger charge is -2.05. The maximum atomic E-state index is 12.9. The zero-order chi connectivity index (χ0) is 17.6.